The number of halogens is 2. The maximum atomic E-state index is 12.5. The summed E-state index contributed by atoms with van der Waals surface area (Å²) in [6, 6.07) is 12.9. The fourth-order valence-corrected chi connectivity index (χ4v) is 3.25. The van der Waals surface area contributed by atoms with Crippen LogP contribution in [0.25, 0.3) is 0 Å². The van der Waals surface area contributed by atoms with Gasteiger partial charge in [0.25, 0.3) is 5.91 Å². The van der Waals surface area contributed by atoms with Gasteiger partial charge in [0, 0.05) is 13.1 Å². The van der Waals surface area contributed by atoms with Crippen molar-refractivity contribution in [1.82, 2.24) is 0 Å². The Kier molecular flexibility index (Phi) is 5.09. The highest BCUT2D eigenvalue weighted by atomic mass is 35.5. The van der Waals surface area contributed by atoms with Crippen LogP contribution in [-0.2, 0) is 0 Å². The van der Waals surface area contributed by atoms with Gasteiger partial charge in [0.15, 0.2) is 0 Å². The lowest BCUT2D eigenvalue weighted by Gasteiger charge is -2.30. The molecule has 0 atom stereocenters. The van der Waals surface area contributed by atoms with Gasteiger partial charge >= 0.3 is 0 Å². The Morgan fingerprint density at radius 2 is 1.70 bits per heavy atom. The van der Waals surface area contributed by atoms with Crippen molar-refractivity contribution >= 4 is 40.5 Å². The molecule has 120 valence electrons. The molecule has 0 radical (unpaired) electrons. The van der Waals surface area contributed by atoms with E-state index in [1.54, 1.807) is 18.2 Å². The van der Waals surface area contributed by atoms with Gasteiger partial charge in [-0.05, 0) is 43.5 Å². The second kappa shape index (κ2) is 7.24. The molecule has 23 heavy (non-hydrogen) atoms. The van der Waals surface area contributed by atoms with Crippen LogP contribution in [0.2, 0.25) is 10.0 Å². The quantitative estimate of drug-likeness (QED) is 0.822. The maximum Gasteiger partial charge on any atom is 0.257 e. The Morgan fingerprint density at radius 3 is 2.48 bits per heavy atom. The van der Waals surface area contributed by atoms with E-state index in [4.69, 9.17) is 23.2 Å². The summed E-state index contributed by atoms with van der Waals surface area (Å²) in [6.45, 7) is 2.04. The van der Waals surface area contributed by atoms with Crippen LogP contribution in [0.1, 0.15) is 29.6 Å². The fraction of sp³-hybridized carbons (Fsp3) is 0.278. The third-order valence-electron chi connectivity index (χ3n) is 4.05. The molecule has 1 N–H and O–H groups in total. The molecular formula is C18H18Cl2N2O. The lowest BCUT2D eigenvalue weighted by atomic mass is 10.1. The van der Waals surface area contributed by atoms with Crippen molar-refractivity contribution in [3.05, 3.63) is 58.1 Å². The number of benzene rings is 2. The van der Waals surface area contributed by atoms with E-state index in [2.05, 4.69) is 10.2 Å². The monoisotopic (exact) mass is 348 g/mol. The molecular weight excluding hydrogens is 331 g/mol. The lowest BCUT2D eigenvalue weighted by Crippen LogP contribution is -2.30. The summed E-state index contributed by atoms with van der Waals surface area (Å²) in [7, 11) is 0. The summed E-state index contributed by atoms with van der Waals surface area (Å²) >= 11 is 12.1. The van der Waals surface area contributed by atoms with Gasteiger partial charge in [-0.1, -0.05) is 41.4 Å². The zero-order chi connectivity index (χ0) is 16.2. The molecule has 1 aliphatic heterocycles. The van der Waals surface area contributed by atoms with E-state index in [1.807, 2.05) is 24.3 Å². The van der Waals surface area contributed by atoms with E-state index >= 15 is 0 Å². The molecule has 2 aromatic rings. The molecule has 3 nitrogen and oxygen atoms in total. The van der Waals surface area contributed by atoms with Gasteiger partial charge in [-0.3, -0.25) is 4.79 Å². The molecule has 1 aliphatic rings. The van der Waals surface area contributed by atoms with E-state index in [9.17, 15) is 4.79 Å². The molecule has 0 aliphatic carbocycles. The molecule has 0 saturated carbocycles. The van der Waals surface area contributed by atoms with Crippen molar-refractivity contribution in [2.24, 2.45) is 0 Å². The molecule has 1 saturated heterocycles. The minimum atomic E-state index is -0.248. The summed E-state index contributed by atoms with van der Waals surface area (Å²) < 4.78 is 0. The molecule has 1 fully saturated rings. The van der Waals surface area contributed by atoms with Gasteiger partial charge in [0.2, 0.25) is 0 Å². The van der Waals surface area contributed by atoms with Crippen LogP contribution in [0.5, 0.6) is 0 Å². The van der Waals surface area contributed by atoms with Crippen molar-refractivity contribution in [1.29, 1.82) is 0 Å². The standard InChI is InChI=1S/C18H18Cl2N2O/c19-14-8-6-7-13(17(14)20)18(23)21-15-9-2-3-10-16(15)22-11-4-1-5-12-22/h2-3,6-10H,1,4-5,11-12H2,(H,21,23). The number of anilines is 2. The molecule has 1 heterocycles. The third kappa shape index (κ3) is 3.62. The number of piperidine rings is 1. The van der Waals surface area contributed by atoms with Crippen LogP contribution in [0.3, 0.4) is 0 Å². The van der Waals surface area contributed by atoms with Gasteiger partial charge < -0.3 is 10.2 Å². The number of nitrogens with one attached hydrogen (secondary N) is 1. The Balaban J connectivity index is 1.85. The van der Waals surface area contributed by atoms with Gasteiger partial charge in [0.05, 0.1) is 27.0 Å². The van der Waals surface area contributed by atoms with Gasteiger partial charge in [-0.25, -0.2) is 0 Å². The Labute approximate surface area is 146 Å². The molecule has 0 spiro atoms. The van der Waals surface area contributed by atoms with E-state index in [0.29, 0.717) is 10.6 Å². The number of rotatable bonds is 3. The summed E-state index contributed by atoms with van der Waals surface area (Å²) in [5, 5.41) is 3.63. The van der Waals surface area contributed by atoms with E-state index in [0.717, 1.165) is 24.5 Å². The van der Waals surface area contributed by atoms with E-state index in [-0.39, 0.29) is 10.9 Å². The topological polar surface area (TPSA) is 32.3 Å². The average Bonchev–Trinajstić information content (AvgIpc) is 2.58. The van der Waals surface area contributed by atoms with Crippen LogP contribution < -0.4 is 10.2 Å². The fourth-order valence-electron chi connectivity index (χ4n) is 2.86. The minimum Gasteiger partial charge on any atom is -0.370 e. The van der Waals surface area contributed by atoms with Crippen molar-refractivity contribution < 1.29 is 4.79 Å². The highest BCUT2D eigenvalue weighted by molar-refractivity contribution is 6.44. The molecule has 0 unspecified atom stereocenters. The second-order valence-corrected chi connectivity index (χ2v) is 6.41. The third-order valence-corrected chi connectivity index (χ3v) is 4.86. The number of carbonyl (C=O) groups is 1. The summed E-state index contributed by atoms with van der Waals surface area (Å²) in [5.74, 6) is -0.248. The zero-order valence-electron chi connectivity index (χ0n) is 12.7. The van der Waals surface area contributed by atoms with Crippen molar-refractivity contribution in [3.8, 4) is 0 Å². The predicted octanol–water partition coefficient (Wildman–Crippen LogP) is 5.24. The number of para-hydroxylation sites is 2. The van der Waals surface area contributed by atoms with Crippen LogP contribution in [0.4, 0.5) is 11.4 Å². The Hall–Kier alpha value is -1.71. The number of hydrogen-bond donors (Lipinski definition) is 1. The Morgan fingerprint density at radius 1 is 0.957 bits per heavy atom. The van der Waals surface area contributed by atoms with Crippen molar-refractivity contribution in [2.75, 3.05) is 23.3 Å². The van der Waals surface area contributed by atoms with Crippen molar-refractivity contribution in [3.63, 3.8) is 0 Å². The number of amides is 1. The summed E-state index contributed by atoms with van der Waals surface area (Å²) in [6.07, 6.45) is 3.63. The zero-order valence-corrected chi connectivity index (χ0v) is 14.2. The first-order valence-electron chi connectivity index (χ1n) is 7.76. The van der Waals surface area contributed by atoms with Gasteiger partial charge in [-0.15, -0.1) is 0 Å². The SMILES string of the molecule is O=C(Nc1ccccc1N1CCCCC1)c1cccc(Cl)c1Cl. The van der Waals surface area contributed by atoms with Crippen LogP contribution in [-0.4, -0.2) is 19.0 Å². The maximum absolute atomic E-state index is 12.5. The molecule has 1 amide bonds. The summed E-state index contributed by atoms with van der Waals surface area (Å²) in [4.78, 5) is 14.9. The Bertz CT molecular complexity index is 712. The first kappa shape index (κ1) is 16.2. The van der Waals surface area contributed by atoms with Crippen molar-refractivity contribution in [2.45, 2.75) is 19.3 Å². The second-order valence-electron chi connectivity index (χ2n) is 5.62. The predicted molar refractivity (Wildman–Crippen MR) is 96.9 cm³/mol. The average molecular weight is 349 g/mol. The summed E-state index contributed by atoms with van der Waals surface area (Å²) in [5.41, 5.74) is 2.24. The number of nitrogens with zero attached hydrogens (tertiary/aromatic N) is 1. The highest BCUT2D eigenvalue weighted by Gasteiger charge is 2.17. The number of carbonyl (C=O) groups excluding carboxylic acids is 1. The van der Waals surface area contributed by atoms with Crippen LogP contribution in [0, 0.1) is 0 Å². The highest BCUT2D eigenvalue weighted by Crippen LogP contribution is 2.30. The number of hydrogen-bond acceptors (Lipinski definition) is 2. The molecule has 0 bridgehead atoms. The first-order chi connectivity index (χ1) is 11.2. The van der Waals surface area contributed by atoms with E-state index < -0.39 is 0 Å². The largest absolute Gasteiger partial charge is 0.370 e. The lowest BCUT2D eigenvalue weighted by molar-refractivity contribution is 0.102. The molecule has 2 aromatic carbocycles. The minimum absolute atomic E-state index is 0.248. The van der Waals surface area contributed by atoms with Crippen LogP contribution in [0.15, 0.2) is 42.5 Å². The molecule has 3 rings (SSSR count). The first-order valence-corrected chi connectivity index (χ1v) is 8.52. The molecule has 0 aromatic heterocycles. The molecule has 5 heteroatoms. The van der Waals surface area contributed by atoms with Gasteiger partial charge in [-0.2, -0.15) is 0 Å². The van der Waals surface area contributed by atoms with Gasteiger partial charge in [0.1, 0.15) is 0 Å². The smallest absolute Gasteiger partial charge is 0.257 e. The normalized spacial score (nSPS) is 14.6. The van der Waals surface area contributed by atoms with Crippen LogP contribution >= 0.6 is 23.2 Å². The van der Waals surface area contributed by atoms with E-state index in [1.165, 1.54) is 19.3 Å².